The SMILES string of the molecule is C=C(C)/C(F)=C(/F)C(=C)COc1ccc(-c2ccc(-c3ccc(C)cc3)c(F)c2F)cc1. The molecule has 0 unspecified atom stereocenters. The fourth-order valence-corrected chi connectivity index (χ4v) is 3.04. The van der Waals surface area contributed by atoms with E-state index >= 15 is 0 Å². The van der Waals surface area contributed by atoms with Crippen LogP contribution in [0.25, 0.3) is 22.3 Å². The van der Waals surface area contributed by atoms with Gasteiger partial charge in [-0.2, -0.15) is 0 Å². The first-order chi connectivity index (χ1) is 15.2. The summed E-state index contributed by atoms with van der Waals surface area (Å²) < 4.78 is 62.4. The molecule has 0 saturated heterocycles. The number of hydrogen-bond acceptors (Lipinski definition) is 1. The number of halogens is 4. The smallest absolute Gasteiger partial charge is 0.167 e. The standard InChI is InChI=1S/C27H22F4O/c1-16(2)24(28)25(29)18(4)15-32-21-11-9-20(10-12-21)23-14-13-22(26(30)27(23)31)19-7-5-17(3)6-8-19/h5-14H,1,4,15H2,2-3H3/b25-24-. The summed E-state index contributed by atoms with van der Waals surface area (Å²) in [6.45, 7) is 9.79. The van der Waals surface area contributed by atoms with Gasteiger partial charge in [-0.15, -0.1) is 0 Å². The summed E-state index contributed by atoms with van der Waals surface area (Å²) >= 11 is 0. The van der Waals surface area contributed by atoms with Gasteiger partial charge in [0, 0.05) is 16.7 Å². The first-order valence-electron chi connectivity index (χ1n) is 9.86. The van der Waals surface area contributed by atoms with Crippen LogP contribution in [0.1, 0.15) is 12.5 Å². The Morgan fingerprint density at radius 3 is 1.69 bits per heavy atom. The molecule has 3 aromatic carbocycles. The van der Waals surface area contributed by atoms with Crippen LogP contribution in [0.15, 0.2) is 96.6 Å². The topological polar surface area (TPSA) is 9.23 Å². The molecule has 0 aliphatic rings. The Labute approximate surface area is 185 Å². The maximum Gasteiger partial charge on any atom is 0.167 e. The fourth-order valence-electron chi connectivity index (χ4n) is 3.04. The van der Waals surface area contributed by atoms with Crippen LogP contribution < -0.4 is 4.74 Å². The lowest BCUT2D eigenvalue weighted by molar-refractivity contribution is 0.347. The number of ether oxygens (including phenoxy) is 1. The van der Waals surface area contributed by atoms with Crippen LogP contribution in [0.3, 0.4) is 0 Å². The lowest BCUT2D eigenvalue weighted by Crippen LogP contribution is -2.02. The number of benzene rings is 3. The molecule has 0 aromatic heterocycles. The molecule has 3 aromatic rings. The maximum absolute atomic E-state index is 14.8. The zero-order chi connectivity index (χ0) is 23.4. The zero-order valence-electron chi connectivity index (χ0n) is 17.8. The van der Waals surface area contributed by atoms with Crippen molar-refractivity contribution in [1.82, 2.24) is 0 Å². The predicted molar refractivity (Wildman–Crippen MR) is 121 cm³/mol. The first kappa shape index (κ1) is 23.1. The van der Waals surface area contributed by atoms with Crippen molar-refractivity contribution in [3.05, 3.63) is 114 Å². The van der Waals surface area contributed by atoms with Gasteiger partial charge in [0.2, 0.25) is 0 Å². The van der Waals surface area contributed by atoms with Gasteiger partial charge in [0.15, 0.2) is 23.3 Å². The van der Waals surface area contributed by atoms with Crippen LogP contribution >= 0.6 is 0 Å². The summed E-state index contributed by atoms with van der Waals surface area (Å²) in [6.07, 6.45) is 0. The van der Waals surface area contributed by atoms with Gasteiger partial charge in [0.1, 0.15) is 12.4 Å². The molecule has 0 bridgehead atoms. The lowest BCUT2D eigenvalue weighted by Gasteiger charge is -2.11. The molecular weight excluding hydrogens is 416 g/mol. The molecule has 0 aliphatic carbocycles. The average Bonchev–Trinajstić information content (AvgIpc) is 2.79. The van der Waals surface area contributed by atoms with Crippen LogP contribution in [0.2, 0.25) is 0 Å². The second-order valence-electron chi connectivity index (χ2n) is 7.48. The third kappa shape index (κ3) is 4.99. The molecule has 0 saturated carbocycles. The highest BCUT2D eigenvalue weighted by Gasteiger charge is 2.16. The second kappa shape index (κ2) is 9.69. The largest absolute Gasteiger partial charge is 0.489 e. The van der Waals surface area contributed by atoms with E-state index in [0.29, 0.717) is 16.9 Å². The van der Waals surface area contributed by atoms with E-state index in [1.165, 1.54) is 31.2 Å². The Balaban J connectivity index is 1.77. The van der Waals surface area contributed by atoms with E-state index in [9.17, 15) is 17.6 Å². The number of allylic oxidation sites excluding steroid dienone is 2. The number of hydrogen-bond donors (Lipinski definition) is 0. The van der Waals surface area contributed by atoms with Gasteiger partial charge in [0.05, 0.1) is 0 Å². The van der Waals surface area contributed by atoms with E-state index in [2.05, 4.69) is 13.2 Å². The van der Waals surface area contributed by atoms with Crippen molar-refractivity contribution in [3.8, 4) is 28.0 Å². The Kier molecular flexibility index (Phi) is 6.98. The normalized spacial score (nSPS) is 11.7. The van der Waals surface area contributed by atoms with Crippen LogP contribution in [-0.4, -0.2) is 6.61 Å². The highest BCUT2D eigenvalue weighted by molar-refractivity contribution is 5.72. The van der Waals surface area contributed by atoms with Crippen molar-refractivity contribution >= 4 is 0 Å². The summed E-state index contributed by atoms with van der Waals surface area (Å²) in [7, 11) is 0. The molecular formula is C27H22F4O. The van der Waals surface area contributed by atoms with Gasteiger partial charge in [0.25, 0.3) is 0 Å². The Morgan fingerprint density at radius 2 is 1.22 bits per heavy atom. The van der Waals surface area contributed by atoms with E-state index in [-0.39, 0.29) is 28.9 Å². The molecule has 32 heavy (non-hydrogen) atoms. The molecule has 0 fully saturated rings. The molecule has 3 rings (SSSR count). The van der Waals surface area contributed by atoms with E-state index in [0.717, 1.165) is 5.56 Å². The van der Waals surface area contributed by atoms with E-state index < -0.39 is 23.3 Å². The van der Waals surface area contributed by atoms with Crippen molar-refractivity contribution in [2.24, 2.45) is 0 Å². The predicted octanol–water partition coefficient (Wildman–Crippen LogP) is 8.27. The molecule has 0 amide bonds. The minimum Gasteiger partial charge on any atom is -0.489 e. The third-order valence-electron chi connectivity index (χ3n) is 4.90. The van der Waals surface area contributed by atoms with Gasteiger partial charge in [-0.1, -0.05) is 67.3 Å². The molecule has 164 valence electrons. The van der Waals surface area contributed by atoms with Gasteiger partial charge < -0.3 is 4.74 Å². The summed E-state index contributed by atoms with van der Waals surface area (Å²) in [5.74, 6) is -3.71. The van der Waals surface area contributed by atoms with Crippen molar-refractivity contribution in [2.75, 3.05) is 6.61 Å². The summed E-state index contributed by atoms with van der Waals surface area (Å²) in [6, 6.07) is 16.4. The van der Waals surface area contributed by atoms with Crippen LogP contribution in [0.5, 0.6) is 5.75 Å². The van der Waals surface area contributed by atoms with E-state index in [1.54, 1.807) is 24.3 Å². The third-order valence-corrected chi connectivity index (χ3v) is 4.90. The molecule has 0 radical (unpaired) electrons. The van der Waals surface area contributed by atoms with E-state index in [4.69, 9.17) is 4.74 Å². The number of aryl methyl sites for hydroxylation is 1. The molecule has 0 heterocycles. The van der Waals surface area contributed by atoms with Gasteiger partial charge >= 0.3 is 0 Å². The maximum atomic E-state index is 14.8. The molecule has 0 N–H and O–H groups in total. The Morgan fingerprint density at radius 1 is 0.750 bits per heavy atom. The second-order valence-corrected chi connectivity index (χ2v) is 7.48. The Bertz CT molecular complexity index is 1190. The van der Waals surface area contributed by atoms with Crippen molar-refractivity contribution in [3.63, 3.8) is 0 Å². The highest BCUT2D eigenvalue weighted by Crippen LogP contribution is 2.32. The number of rotatable bonds is 7. The van der Waals surface area contributed by atoms with Crippen molar-refractivity contribution in [1.29, 1.82) is 0 Å². The summed E-state index contributed by atoms with van der Waals surface area (Å²) in [5, 5.41) is 0. The summed E-state index contributed by atoms with van der Waals surface area (Å²) in [4.78, 5) is 0. The van der Waals surface area contributed by atoms with Crippen LogP contribution in [0.4, 0.5) is 17.6 Å². The minimum atomic E-state index is -1.11. The van der Waals surface area contributed by atoms with E-state index in [1.807, 2.05) is 19.1 Å². The average molecular weight is 438 g/mol. The monoisotopic (exact) mass is 438 g/mol. The van der Waals surface area contributed by atoms with Gasteiger partial charge in [-0.05, 0) is 42.7 Å². The quantitative estimate of drug-likeness (QED) is 0.266. The lowest BCUT2D eigenvalue weighted by atomic mass is 9.98. The van der Waals surface area contributed by atoms with Gasteiger partial charge in [-0.25, -0.2) is 17.6 Å². The minimum absolute atomic E-state index is 0.0457. The molecule has 5 heteroatoms. The molecule has 1 nitrogen and oxygen atoms in total. The first-order valence-corrected chi connectivity index (χ1v) is 9.86. The molecule has 0 spiro atoms. The van der Waals surface area contributed by atoms with Crippen LogP contribution in [0, 0.1) is 18.6 Å². The molecule has 0 atom stereocenters. The zero-order valence-corrected chi connectivity index (χ0v) is 17.8. The fraction of sp³-hybridized carbons (Fsp3) is 0.111. The van der Waals surface area contributed by atoms with Gasteiger partial charge in [-0.3, -0.25) is 0 Å². The summed E-state index contributed by atoms with van der Waals surface area (Å²) in [5.41, 5.74) is 2.13. The van der Waals surface area contributed by atoms with Crippen molar-refractivity contribution < 1.29 is 22.3 Å². The molecule has 0 aliphatic heterocycles. The highest BCUT2D eigenvalue weighted by atomic mass is 19.2. The van der Waals surface area contributed by atoms with Crippen LogP contribution in [-0.2, 0) is 0 Å². The Hall–Kier alpha value is -3.60. The van der Waals surface area contributed by atoms with Crippen molar-refractivity contribution in [2.45, 2.75) is 13.8 Å².